The highest BCUT2D eigenvalue weighted by Crippen LogP contribution is 2.23. The molecule has 1 aliphatic carbocycles. The lowest BCUT2D eigenvalue weighted by atomic mass is 10.1. The summed E-state index contributed by atoms with van der Waals surface area (Å²) in [4.78, 5) is 25.3. The van der Waals surface area contributed by atoms with E-state index in [4.69, 9.17) is 0 Å². The lowest BCUT2D eigenvalue weighted by Crippen LogP contribution is -2.34. The molecular weight excluding hydrogens is 370 g/mol. The van der Waals surface area contributed by atoms with Gasteiger partial charge in [-0.25, -0.2) is 0 Å². The molecule has 1 saturated carbocycles. The maximum Gasteiger partial charge on any atom is 0.276 e. The number of carbonyl (C=O) groups is 2. The van der Waals surface area contributed by atoms with E-state index in [0.29, 0.717) is 16.9 Å². The minimum absolute atomic E-state index is 0.0814. The first-order valence-electron chi connectivity index (χ1n) is 9.77. The summed E-state index contributed by atoms with van der Waals surface area (Å²) in [5, 5.41) is 6.86. The molecule has 0 atom stereocenters. The number of carbonyl (C=O) groups excluding carboxylic acids is 2. The van der Waals surface area contributed by atoms with Crippen molar-refractivity contribution in [2.75, 3.05) is 5.32 Å². The van der Waals surface area contributed by atoms with Gasteiger partial charge in [-0.3, -0.25) is 9.59 Å². The third-order valence-corrected chi connectivity index (χ3v) is 5.99. The second-order valence-corrected chi connectivity index (χ2v) is 8.03. The average Bonchev–Trinajstić information content (AvgIpc) is 2.98. The average molecular weight is 394 g/mol. The van der Waals surface area contributed by atoms with Crippen molar-refractivity contribution < 1.29 is 9.59 Å². The van der Waals surface area contributed by atoms with Gasteiger partial charge in [-0.2, -0.15) is 4.37 Å². The van der Waals surface area contributed by atoms with E-state index in [1.54, 1.807) is 24.3 Å². The topological polar surface area (TPSA) is 71.1 Å². The van der Waals surface area contributed by atoms with Gasteiger partial charge in [0.2, 0.25) is 0 Å². The fourth-order valence-electron chi connectivity index (χ4n) is 3.67. The van der Waals surface area contributed by atoms with Gasteiger partial charge in [0.25, 0.3) is 11.8 Å². The molecule has 1 aliphatic rings. The van der Waals surface area contributed by atoms with Crippen LogP contribution in [0.15, 0.2) is 48.5 Å². The number of amides is 2. The second kappa shape index (κ2) is 8.52. The highest BCUT2D eigenvalue weighted by molar-refractivity contribution is 7.13. The first-order chi connectivity index (χ1) is 13.7. The molecule has 0 bridgehead atoms. The van der Waals surface area contributed by atoms with E-state index in [9.17, 15) is 9.59 Å². The van der Waals surface area contributed by atoms with E-state index >= 15 is 0 Å². The summed E-state index contributed by atoms with van der Waals surface area (Å²) in [5.41, 5.74) is 1.56. The van der Waals surface area contributed by atoms with Crippen molar-refractivity contribution in [1.82, 2.24) is 9.69 Å². The van der Waals surface area contributed by atoms with Crippen molar-refractivity contribution in [2.24, 2.45) is 0 Å². The Kier molecular flexibility index (Phi) is 5.67. The fourth-order valence-corrected chi connectivity index (χ4v) is 4.44. The van der Waals surface area contributed by atoms with Crippen molar-refractivity contribution >= 4 is 39.1 Å². The number of rotatable bonds is 4. The zero-order valence-corrected chi connectivity index (χ0v) is 16.4. The summed E-state index contributed by atoms with van der Waals surface area (Å²) in [7, 11) is 0. The Labute approximate surface area is 168 Å². The summed E-state index contributed by atoms with van der Waals surface area (Å²) < 4.78 is 5.26. The normalized spacial score (nSPS) is 15.1. The molecule has 2 N–H and O–H groups in total. The van der Waals surface area contributed by atoms with E-state index in [0.717, 1.165) is 22.9 Å². The predicted octanol–water partition coefficient (Wildman–Crippen LogP) is 5.00. The monoisotopic (exact) mass is 393 g/mol. The molecule has 144 valence electrons. The molecule has 1 aromatic heterocycles. The molecule has 1 heterocycles. The Balaban J connectivity index is 1.46. The zero-order chi connectivity index (χ0) is 19.3. The third kappa shape index (κ3) is 4.22. The molecular formula is C22H23N3O2S. The predicted molar refractivity (Wildman–Crippen MR) is 113 cm³/mol. The van der Waals surface area contributed by atoms with E-state index in [1.165, 1.54) is 37.2 Å². The van der Waals surface area contributed by atoms with Gasteiger partial charge < -0.3 is 10.6 Å². The standard InChI is InChI=1S/C22H23N3O2S/c26-21(23-16-9-3-1-2-4-10-16)15-8-7-11-17(14-15)24-22(27)20-18-12-5-6-13-19(18)28-25-20/h5-8,11-14,16H,1-4,9-10H2,(H,23,26)(H,24,27). The summed E-state index contributed by atoms with van der Waals surface area (Å²) >= 11 is 1.31. The summed E-state index contributed by atoms with van der Waals surface area (Å²) in [6.07, 6.45) is 6.92. The van der Waals surface area contributed by atoms with Crippen molar-refractivity contribution in [3.05, 3.63) is 59.8 Å². The van der Waals surface area contributed by atoms with Crippen LogP contribution in [0.2, 0.25) is 0 Å². The van der Waals surface area contributed by atoms with Crippen molar-refractivity contribution in [3.8, 4) is 0 Å². The van der Waals surface area contributed by atoms with Crippen LogP contribution in [-0.2, 0) is 0 Å². The van der Waals surface area contributed by atoms with Crippen LogP contribution in [0.1, 0.15) is 59.4 Å². The van der Waals surface area contributed by atoms with Crippen LogP contribution in [0.25, 0.3) is 10.1 Å². The van der Waals surface area contributed by atoms with Crippen LogP contribution in [0.5, 0.6) is 0 Å². The first kappa shape index (κ1) is 18.6. The van der Waals surface area contributed by atoms with E-state index in [-0.39, 0.29) is 17.9 Å². The van der Waals surface area contributed by atoms with Gasteiger partial charge >= 0.3 is 0 Å². The highest BCUT2D eigenvalue weighted by atomic mass is 32.1. The van der Waals surface area contributed by atoms with Gasteiger partial charge in [-0.15, -0.1) is 0 Å². The second-order valence-electron chi connectivity index (χ2n) is 7.22. The maximum absolute atomic E-state index is 12.7. The van der Waals surface area contributed by atoms with Crippen LogP contribution >= 0.6 is 11.5 Å². The Hall–Kier alpha value is -2.73. The number of nitrogens with zero attached hydrogens (tertiary/aromatic N) is 1. The summed E-state index contributed by atoms with van der Waals surface area (Å²) in [6, 6.07) is 15.0. The molecule has 2 amide bonds. The van der Waals surface area contributed by atoms with Gasteiger partial charge in [-0.1, -0.05) is 49.9 Å². The number of fused-ring (bicyclic) bond motifs is 1. The molecule has 2 aromatic carbocycles. The molecule has 0 aliphatic heterocycles. The zero-order valence-electron chi connectivity index (χ0n) is 15.6. The number of anilines is 1. The Bertz CT molecular complexity index is 990. The quantitative estimate of drug-likeness (QED) is 0.613. The number of aromatic nitrogens is 1. The molecule has 5 nitrogen and oxygen atoms in total. The first-order valence-corrected chi connectivity index (χ1v) is 10.5. The van der Waals surface area contributed by atoms with E-state index < -0.39 is 0 Å². The van der Waals surface area contributed by atoms with Gasteiger partial charge in [0.15, 0.2) is 0 Å². The van der Waals surface area contributed by atoms with Gasteiger partial charge in [0, 0.05) is 22.7 Å². The van der Waals surface area contributed by atoms with Gasteiger partial charge in [0.05, 0.1) is 4.70 Å². The molecule has 0 radical (unpaired) electrons. The van der Waals surface area contributed by atoms with Crippen LogP contribution in [0.4, 0.5) is 5.69 Å². The van der Waals surface area contributed by atoms with Gasteiger partial charge in [-0.05, 0) is 48.6 Å². The van der Waals surface area contributed by atoms with E-state index in [2.05, 4.69) is 15.0 Å². The van der Waals surface area contributed by atoms with Crippen LogP contribution < -0.4 is 10.6 Å². The molecule has 6 heteroatoms. The van der Waals surface area contributed by atoms with Gasteiger partial charge in [0.1, 0.15) is 5.69 Å². The lowest BCUT2D eigenvalue weighted by molar-refractivity contribution is 0.0932. The van der Waals surface area contributed by atoms with Crippen LogP contribution in [-0.4, -0.2) is 22.2 Å². The third-order valence-electron chi connectivity index (χ3n) is 5.17. The lowest BCUT2D eigenvalue weighted by Gasteiger charge is -2.16. The van der Waals surface area contributed by atoms with Crippen molar-refractivity contribution in [2.45, 2.75) is 44.6 Å². The Morgan fingerprint density at radius 2 is 1.71 bits per heavy atom. The molecule has 0 spiro atoms. The minimum Gasteiger partial charge on any atom is -0.349 e. The Morgan fingerprint density at radius 1 is 0.929 bits per heavy atom. The number of nitrogens with one attached hydrogen (secondary N) is 2. The molecule has 1 fully saturated rings. The highest BCUT2D eigenvalue weighted by Gasteiger charge is 2.17. The largest absolute Gasteiger partial charge is 0.349 e. The summed E-state index contributed by atoms with van der Waals surface area (Å²) in [5.74, 6) is -0.346. The Morgan fingerprint density at radius 3 is 2.54 bits per heavy atom. The minimum atomic E-state index is -0.265. The molecule has 28 heavy (non-hydrogen) atoms. The number of hydrogen-bond acceptors (Lipinski definition) is 4. The SMILES string of the molecule is O=C(NC1CCCCCC1)c1cccc(NC(=O)c2nsc3ccccc23)c1. The van der Waals surface area contributed by atoms with E-state index in [1.807, 2.05) is 24.3 Å². The molecule has 4 rings (SSSR count). The summed E-state index contributed by atoms with van der Waals surface area (Å²) in [6.45, 7) is 0. The van der Waals surface area contributed by atoms with Crippen LogP contribution in [0, 0.1) is 0 Å². The van der Waals surface area contributed by atoms with Crippen molar-refractivity contribution in [1.29, 1.82) is 0 Å². The smallest absolute Gasteiger partial charge is 0.276 e. The van der Waals surface area contributed by atoms with Crippen molar-refractivity contribution in [3.63, 3.8) is 0 Å². The maximum atomic E-state index is 12.7. The van der Waals surface area contributed by atoms with Crippen LogP contribution in [0.3, 0.4) is 0 Å². The number of benzene rings is 2. The fraction of sp³-hybridized carbons (Fsp3) is 0.318. The number of hydrogen-bond donors (Lipinski definition) is 2. The molecule has 0 unspecified atom stereocenters. The molecule has 0 saturated heterocycles. The molecule has 3 aromatic rings.